The van der Waals surface area contributed by atoms with Crippen molar-refractivity contribution in [1.29, 1.82) is 0 Å². The van der Waals surface area contributed by atoms with Gasteiger partial charge in [-0.3, -0.25) is 0 Å². The van der Waals surface area contributed by atoms with Crippen molar-refractivity contribution in [2.45, 2.75) is 51.4 Å². The van der Waals surface area contributed by atoms with Crippen molar-refractivity contribution in [3.8, 4) is 22.8 Å². The van der Waals surface area contributed by atoms with Gasteiger partial charge in [0, 0.05) is 21.9 Å². The van der Waals surface area contributed by atoms with Gasteiger partial charge in [-0.15, -0.1) is 0 Å². The number of halogens is 1. The fraction of sp³-hybridized carbons (Fsp3) is 0.276. The van der Waals surface area contributed by atoms with E-state index in [4.69, 9.17) is 21.0 Å². The number of hydrogen-bond donors (Lipinski definition) is 0. The molecule has 1 aliphatic carbocycles. The first kappa shape index (κ1) is 21.3. The van der Waals surface area contributed by atoms with Crippen LogP contribution < -0.4 is 0 Å². The molecule has 3 aromatic carbocycles. The molecule has 0 fully saturated rings. The number of aromatic nitrogens is 3. The van der Waals surface area contributed by atoms with E-state index in [0.717, 1.165) is 39.5 Å². The van der Waals surface area contributed by atoms with Crippen LogP contribution in [0.15, 0.2) is 65.1 Å². The van der Waals surface area contributed by atoms with E-state index < -0.39 is 0 Å². The average molecular weight is 468 g/mol. The van der Waals surface area contributed by atoms with E-state index in [9.17, 15) is 0 Å². The Balaban J connectivity index is 1.48. The summed E-state index contributed by atoms with van der Waals surface area (Å²) in [4.78, 5) is 13.8. The second-order valence-corrected chi connectivity index (χ2v) is 10.9. The second kappa shape index (κ2) is 7.38. The Labute approximate surface area is 204 Å². The Hall–Kier alpha value is -3.24. The third kappa shape index (κ3) is 3.40. The van der Waals surface area contributed by atoms with Gasteiger partial charge in [-0.2, -0.15) is 9.97 Å². The molecule has 5 aromatic rings. The number of nitrogens with zero attached hydrogens (tertiary/aromatic N) is 3. The van der Waals surface area contributed by atoms with Crippen molar-refractivity contribution >= 4 is 33.5 Å². The van der Waals surface area contributed by atoms with E-state index in [1.54, 1.807) is 0 Å². The van der Waals surface area contributed by atoms with Crippen LogP contribution in [-0.2, 0) is 10.8 Å². The van der Waals surface area contributed by atoms with E-state index in [2.05, 4.69) is 68.0 Å². The molecule has 5 heteroatoms. The Kier molecular flexibility index (Phi) is 4.62. The third-order valence-corrected chi connectivity index (χ3v) is 7.52. The quantitative estimate of drug-likeness (QED) is 0.263. The summed E-state index contributed by atoms with van der Waals surface area (Å²) < 4.78 is 5.97. The zero-order chi connectivity index (χ0) is 23.7. The minimum absolute atomic E-state index is 0.105. The van der Waals surface area contributed by atoms with Crippen molar-refractivity contribution in [3.05, 3.63) is 77.1 Å². The number of rotatable bonds is 2. The summed E-state index contributed by atoms with van der Waals surface area (Å²) in [5, 5.41) is 2.29. The molecular weight excluding hydrogens is 442 g/mol. The Morgan fingerprint density at radius 1 is 0.676 bits per heavy atom. The smallest absolute Gasteiger partial charge is 0.226 e. The number of fused-ring (bicyclic) bond motifs is 4. The highest BCUT2D eigenvalue weighted by Crippen LogP contribution is 2.46. The summed E-state index contributed by atoms with van der Waals surface area (Å²) in [6.07, 6.45) is 2.33. The van der Waals surface area contributed by atoms with Crippen LogP contribution in [0.2, 0.25) is 5.28 Å². The van der Waals surface area contributed by atoms with Crippen LogP contribution in [0.3, 0.4) is 0 Å². The summed E-state index contributed by atoms with van der Waals surface area (Å²) in [6, 6.07) is 20.6. The van der Waals surface area contributed by atoms with Crippen LogP contribution in [0.1, 0.15) is 51.7 Å². The molecule has 0 unspecified atom stereocenters. The van der Waals surface area contributed by atoms with Gasteiger partial charge < -0.3 is 4.42 Å². The summed E-state index contributed by atoms with van der Waals surface area (Å²) in [7, 11) is 0. The lowest BCUT2D eigenvalue weighted by Gasteiger charge is -2.42. The van der Waals surface area contributed by atoms with Crippen LogP contribution in [0, 0.1) is 0 Å². The van der Waals surface area contributed by atoms with Crippen molar-refractivity contribution in [2.75, 3.05) is 0 Å². The molecule has 6 rings (SSSR count). The molecule has 0 spiro atoms. The molecule has 0 amide bonds. The molecule has 0 aliphatic heterocycles. The topological polar surface area (TPSA) is 51.8 Å². The van der Waals surface area contributed by atoms with Gasteiger partial charge >= 0.3 is 0 Å². The number of hydrogen-bond acceptors (Lipinski definition) is 4. The summed E-state index contributed by atoms with van der Waals surface area (Å²) >= 11 is 6.41. The molecular formula is C29H26ClN3O. The fourth-order valence-corrected chi connectivity index (χ4v) is 5.36. The van der Waals surface area contributed by atoms with Gasteiger partial charge in [-0.1, -0.05) is 58.0 Å². The first-order chi connectivity index (χ1) is 16.2. The monoisotopic (exact) mass is 467 g/mol. The van der Waals surface area contributed by atoms with Gasteiger partial charge in [0.2, 0.25) is 5.28 Å². The predicted molar refractivity (Wildman–Crippen MR) is 138 cm³/mol. The maximum absolute atomic E-state index is 6.41. The van der Waals surface area contributed by atoms with E-state index >= 15 is 0 Å². The maximum Gasteiger partial charge on any atom is 0.226 e. The SMILES string of the molecule is CC1(C)CCC(C)(C)c2cc(-c3nc(Cl)nc(-c4ccc5oc6ccccc6c5c4)n3)ccc21. The summed E-state index contributed by atoms with van der Waals surface area (Å²) in [5.41, 5.74) is 6.58. The van der Waals surface area contributed by atoms with Gasteiger partial charge in [-0.25, -0.2) is 4.98 Å². The minimum Gasteiger partial charge on any atom is -0.456 e. The highest BCUT2D eigenvalue weighted by Gasteiger charge is 2.37. The highest BCUT2D eigenvalue weighted by molar-refractivity contribution is 6.28. The number of benzene rings is 3. The lowest BCUT2D eigenvalue weighted by Crippen LogP contribution is -2.33. The normalized spacial score (nSPS) is 16.6. The highest BCUT2D eigenvalue weighted by atomic mass is 35.5. The van der Waals surface area contributed by atoms with E-state index in [1.165, 1.54) is 17.5 Å². The summed E-state index contributed by atoms with van der Waals surface area (Å²) in [5.74, 6) is 1.15. The van der Waals surface area contributed by atoms with E-state index in [-0.39, 0.29) is 16.1 Å². The van der Waals surface area contributed by atoms with Crippen LogP contribution in [-0.4, -0.2) is 15.0 Å². The minimum atomic E-state index is 0.105. The maximum atomic E-state index is 6.41. The van der Waals surface area contributed by atoms with Crippen molar-refractivity contribution in [3.63, 3.8) is 0 Å². The molecule has 34 heavy (non-hydrogen) atoms. The Morgan fingerprint density at radius 2 is 1.29 bits per heavy atom. The third-order valence-electron chi connectivity index (χ3n) is 7.35. The molecule has 4 nitrogen and oxygen atoms in total. The van der Waals surface area contributed by atoms with Crippen molar-refractivity contribution < 1.29 is 4.42 Å². The molecule has 0 N–H and O–H groups in total. The number of furan rings is 1. The van der Waals surface area contributed by atoms with E-state index in [1.807, 2.05) is 30.3 Å². The first-order valence-electron chi connectivity index (χ1n) is 11.7. The molecule has 2 aromatic heterocycles. The zero-order valence-corrected chi connectivity index (χ0v) is 20.6. The van der Waals surface area contributed by atoms with Gasteiger partial charge in [-0.05, 0) is 76.7 Å². The van der Waals surface area contributed by atoms with Crippen LogP contribution in [0.25, 0.3) is 44.7 Å². The summed E-state index contributed by atoms with van der Waals surface area (Å²) in [6.45, 7) is 9.30. The van der Waals surface area contributed by atoms with Crippen LogP contribution >= 0.6 is 11.6 Å². The fourth-order valence-electron chi connectivity index (χ4n) is 5.20. The van der Waals surface area contributed by atoms with Crippen molar-refractivity contribution in [1.82, 2.24) is 15.0 Å². The van der Waals surface area contributed by atoms with Crippen LogP contribution in [0.5, 0.6) is 0 Å². The van der Waals surface area contributed by atoms with Gasteiger partial charge in [0.1, 0.15) is 11.2 Å². The molecule has 170 valence electrons. The predicted octanol–water partition coefficient (Wildman–Crippen LogP) is 8.11. The lowest BCUT2D eigenvalue weighted by molar-refractivity contribution is 0.332. The second-order valence-electron chi connectivity index (χ2n) is 10.6. The molecule has 0 saturated heterocycles. The van der Waals surface area contributed by atoms with Gasteiger partial charge in [0.05, 0.1) is 0 Å². The first-order valence-corrected chi connectivity index (χ1v) is 12.1. The molecule has 2 heterocycles. The standard InChI is InChI=1S/C29H26ClN3O/c1-28(2)13-14-29(3,4)22-16-18(9-11-21(22)28)26-31-25(32-27(30)33-26)17-10-12-24-20(15-17)19-7-5-6-8-23(19)34-24/h5-12,15-16H,13-14H2,1-4H3. The molecule has 0 atom stereocenters. The molecule has 0 bridgehead atoms. The Morgan fingerprint density at radius 3 is 2.06 bits per heavy atom. The molecule has 0 radical (unpaired) electrons. The van der Waals surface area contributed by atoms with Crippen molar-refractivity contribution in [2.24, 2.45) is 0 Å². The zero-order valence-electron chi connectivity index (χ0n) is 19.8. The molecule has 1 aliphatic rings. The molecule has 0 saturated carbocycles. The average Bonchev–Trinajstić information content (AvgIpc) is 3.19. The Bertz CT molecular complexity index is 1580. The lowest BCUT2D eigenvalue weighted by atomic mass is 9.63. The van der Waals surface area contributed by atoms with Gasteiger partial charge in [0.15, 0.2) is 11.6 Å². The van der Waals surface area contributed by atoms with Crippen LogP contribution in [0.4, 0.5) is 0 Å². The van der Waals surface area contributed by atoms with Gasteiger partial charge in [0.25, 0.3) is 0 Å². The largest absolute Gasteiger partial charge is 0.456 e. The van der Waals surface area contributed by atoms with E-state index in [0.29, 0.717) is 11.6 Å². The number of para-hydroxylation sites is 1.